The van der Waals surface area contributed by atoms with Gasteiger partial charge in [-0.2, -0.15) is 5.26 Å². The third-order valence-electron chi connectivity index (χ3n) is 2.97. The zero-order valence-electron chi connectivity index (χ0n) is 9.01. The van der Waals surface area contributed by atoms with Crippen LogP contribution in [0.2, 0.25) is 0 Å². The fraction of sp³-hybridized carbons (Fsp3) is 0.154. The van der Waals surface area contributed by atoms with Gasteiger partial charge in [0.25, 0.3) is 0 Å². The molecular weight excluding hydrogens is 248 g/mol. The summed E-state index contributed by atoms with van der Waals surface area (Å²) >= 11 is 3.16. The second-order valence-corrected chi connectivity index (χ2v) is 6.01. The number of anilines is 1. The minimum absolute atomic E-state index is 0.342. The number of thioether (sulfide) groups is 1. The second-order valence-electron chi connectivity index (χ2n) is 3.92. The van der Waals surface area contributed by atoms with Crippen molar-refractivity contribution in [3.05, 3.63) is 46.3 Å². The van der Waals surface area contributed by atoms with E-state index in [0.717, 1.165) is 20.5 Å². The van der Waals surface area contributed by atoms with Crippen LogP contribution in [-0.2, 0) is 0 Å². The van der Waals surface area contributed by atoms with Gasteiger partial charge >= 0.3 is 0 Å². The molecule has 0 aliphatic carbocycles. The molecule has 1 atom stereocenters. The first-order chi connectivity index (χ1) is 8.31. The van der Waals surface area contributed by atoms with Gasteiger partial charge in [0.2, 0.25) is 0 Å². The number of benzene rings is 1. The van der Waals surface area contributed by atoms with E-state index in [9.17, 15) is 0 Å². The third-order valence-corrected chi connectivity index (χ3v) is 5.26. The molecule has 0 saturated heterocycles. The van der Waals surface area contributed by atoms with Crippen LogP contribution in [0, 0.1) is 11.3 Å². The summed E-state index contributed by atoms with van der Waals surface area (Å²) in [7, 11) is 0. The fourth-order valence-corrected chi connectivity index (χ4v) is 4.66. The normalized spacial score (nSPS) is 17.7. The van der Waals surface area contributed by atoms with Gasteiger partial charge in [0.05, 0.1) is 5.00 Å². The maximum Gasteiger partial charge on any atom is 0.120 e. The summed E-state index contributed by atoms with van der Waals surface area (Å²) in [6.45, 7) is 0. The number of nitriles is 1. The Kier molecular flexibility index (Phi) is 2.58. The SMILES string of the molecule is N#Cc1sc(N)c2c1SCC2c1ccccc1. The number of nitrogens with zero attached hydrogens (tertiary/aromatic N) is 1. The molecule has 2 heterocycles. The lowest BCUT2D eigenvalue weighted by Gasteiger charge is -2.10. The van der Waals surface area contributed by atoms with Crippen molar-refractivity contribution in [2.24, 2.45) is 0 Å². The summed E-state index contributed by atoms with van der Waals surface area (Å²) in [4.78, 5) is 1.87. The summed E-state index contributed by atoms with van der Waals surface area (Å²) in [5.41, 5.74) is 8.50. The molecule has 84 valence electrons. The van der Waals surface area contributed by atoms with Crippen LogP contribution < -0.4 is 5.73 Å². The van der Waals surface area contributed by atoms with E-state index in [1.807, 2.05) is 18.2 Å². The number of fused-ring (bicyclic) bond motifs is 1. The Morgan fingerprint density at radius 2 is 2.06 bits per heavy atom. The van der Waals surface area contributed by atoms with Gasteiger partial charge in [0, 0.05) is 22.1 Å². The van der Waals surface area contributed by atoms with Crippen molar-refractivity contribution >= 4 is 28.1 Å². The van der Waals surface area contributed by atoms with E-state index in [4.69, 9.17) is 11.0 Å². The lowest BCUT2D eigenvalue weighted by atomic mass is 9.94. The number of hydrogen-bond acceptors (Lipinski definition) is 4. The Balaban J connectivity index is 2.11. The van der Waals surface area contributed by atoms with E-state index in [1.54, 1.807) is 11.8 Å². The molecule has 4 heteroatoms. The van der Waals surface area contributed by atoms with Crippen molar-refractivity contribution in [2.45, 2.75) is 10.8 Å². The molecule has 2 nitrogen and oxygen atoms in total. The van der Waals surface area contributed by atoms with Gasteiger partial charge < -0.3 is 5.73 Å². The van der Waals surface area contributed by atoms with Crippen LogP contribution in [0.3, 0.4) is 0 Å². The first-order valence-corrected chi connectivity index (χ1v) is 7.11. The van der Waals surface area contributed by atoms with Gasteiger partial charge in [-0.1, -0.05) is 30.3 Å². The summed E-state index contributed by atoms with van der Waals surface area (Å²) in [6.07, 6.45) is 0. The highest BCUT2D eigenvalue weighted by atomic mass is 32.2. The number of nitrogen functional groups attached to an aromatic ring is 1. The molecule has 1 unspecified atom stereocenters. The smallest absolute Gasteiger partial charge is 0.120 e. The minimum Gasteiger partial charge on any atom is -0.390 e. The summed E-state index contributed by atoms with van der Waals surface area (Å²) in [5.74, 6) is 1.33. The van der Waals surface area contributed by atoms with Crippen LogP contribution in [0.15, 0.2) is 35.2 Å². The maximum absolute atomic E-state index is 9.06. The summed E-state index contributed by atoms with van der Waals surface area (Å²) < 4.78 is 0. The molecule has 0 spiro atoms. The van der Waals surface area contributed by atoms with E-state index >= 15 is 0 Å². The molecule has 1 aliphatic heterocycles. The first kappa shape index (κ1) is 10.7. The quantitative estimate of drug-likeness (QED) is 0.852. The maximum atomic E-state index is 9.06. The van der Waals surface area contributed by atoms with Crippen molar-refractivity contribution in [2.75, 3.05) is 11.5 Å². The van der Waals surface area contributed by atoms with Crippen LogP contribution in [0.4, 0.5) is 5.00 Å². The van der Waals surface area contributed by atoms with E-state index in [2.05, 4.69) is 18.2 Å². The fourth-order valence-electron chi connectivity index (χ4n) is 2.19. The van der Waals surface area contributed by atoms with Crippen LogP contribution in [-0.4, -0.2) is 5.75 Å². The molecule has 17 heavy (non-hydrogen) atoms. The predicted octanol–water partition coefficient (Wildman–Crippen LogP) is 3.44. The Hall–Kier alpha value is -1.44. The predicted molar refractivity (Wildman–Crippen MR) is 72.5 cm³/mol. The van der Waals surface area contributed by atoms with Crippen molar-refractivity contribution in [1.29, 1.82) is 5.26 Å². The molecular formula is C13H10N2S2. The standard InChI is InChI=1S/C13H10N2S2/c14-6-10-12-11(13(15)17-10)9(7-16-12)8-4-2-1-3-5-8/h1-5,9H,7,15H2. The topological polar surface area (TPSA) is 49.8 Å². The van der Waals surface area contributed by atoms with Gasteiger partial charge in [0.1, 0.15) is 10.9 Å². The number of hydrogen-bond donors (Lipinski definition) is 1. The van der Waals surface area contributed by atoms with Gasteiger partial charge in [0.15, 0.2) is 0 Å². The second kappa shape index (κ2) is 4.10. The number of rotatable bonds is 1. The van der Waals surface area contributed by atoms with Gasteiger partial charge in [-0.3, -0.25) is 0 Å². The minimum atomic E-state index is 0.342. The lowest BCUT2D eigenvalue weighted by molar-refractivity contribution is 0.948. The van der Waals surface area contributed by atoms with E-state index < -0.39 is 0 Å². The molecule has 1 aromatic heterocycles. The Morgan fingerprint density at radius 3 is 2.76 bits per heavy atom. The summed E-state index contributed by atoms with van der Waals surface area (Å²) in [5, 5.41) is 9.86. The van der Waals surface area contributed by atoms with Gasteiger partial charge in [-0.15, -0.1) is 23.1 Å². The highest BCUT2D eigenvalue weighted by Crippen LogP contribution is 2.51. The van der Waals surface area contributed by atoms with Crippen molar-refractivity contribution < 1.29 is 0 Å². The molecule has 3 rings (SSSR count). The average molecular weight is 258 g/mol. The first-order valence-electron chi connectivity index (χ1n) is 5.31. The van der Waals surface area contributed by atoms with E-state index in [-0.39, 0.29) is 0 Å². The number of nitrogens with two attached hydrogens (primary N) is 1. The van der Waals surface area contributed by atoms with Gasteiger partial charge in [-0.25, -0.2) is 0 Å². The summed E-state index contributed by atoms with van der Waals surface area (Å²) in [6, 6.07) is 12.6. The van der Waals surface area contributed by atoms with Crippen molar-refractivity contribution in [1.82, 2.24) is 0 Å². The molecule has 0 amide bonds. The molecule has 0 saturated carbocycles. The molecule has 2 aromatic rings. The lowest BCUT2D eigenvalue weighted by Crippen LogP contribution is -2.00. The molecule has 0 fully saturated rings. The zero-order chi connectivity index (χ0) is 11.8. The molecule has 1 aliphatic rings. The average Bonchev–Trinajstić information content (AvgIpc) is 2.92. The zero-order valence-corrected chi connectivity index (χ0v) is 10.6. The monoisotopic (exact) mass is 258 g/mol. The van der Waals surface area contributed by atoms with Gasteiger partial charge in [-0.05, 0) is 5.56 Å². The van der Waals surface area contributed by atoms with E-state index in [1.165, 1.54) is 22.5 Å². The highest BCUT2D eigenvalue weighted by molar-refractivity contribution is 7.99. The van der Waals surface area contributed by atoms with Crippen molar-refractivity contribution in [3.8, 4) is 6.07 Å². The molecule has 0 radical (unpaired) electrons. The molecule has 0 bridgehead atoms. The van der Waals surface area contributed by atoms with E-state index in [0.29, 0.717) is 5.92 Å². The Labute approximate surface area is 108 Å². The largest absolute Gasteiger partial charge is 0.390 e. The molecule has 1 aromatic carbocycles. The van der Waals surface area contributed by atoms with Crippen LogP contribution >= 0.6 is 23.1 Å². The van der Waals surface area contributed by atoms with Crippen LogP contribution in [0.1, 0.15) is 21.9 Å². The molecule has 2 N–H and O–H groups in total. The van der Waals surface area contributed by atoms with Crippen LogP contribution in [0.25, 0.3) is 0 Å². The Morgan fingerprint density at radius 1 is 1.29 bits per heavy atom. The Bertz CT molecular complexity index is 596. The highest BCUT2D eigenvalue weighted by Gasteiger charge is 2.31. The van der Waals surface area contributed by atoms with Crippen LogP contribution in [0.5, 0.6) is 0 Å². The van der Waals surface area contributed by atoms with Crippen molar-refractivity contribution in [3.63, 3.8) is 0 Å². The third kappa shape index (κ3) is 1.63. The number of thiophene rings is 1.